The minimum Gasteiger partial charge on any atom is -0.360 e. The van der Waals surface area contributed by atoms with Gasteiger partial charge in [0, 0.05) is 16.8 Å². The lowest BCUT2D eigenvalue weighted by molar-refractivity contribution is -0.137. The Kier molecular flexibility index (Phi) is 4.01. The third kappa shape index (κ3) is 2.78. The number of hydrogen-bond donors (Lipinski definition) is 0. The molecular weight excluding hydrogens is 366 g/mol. The molecule has 0 amide bonds. The van der Waals surface area contributed by atoms with E-state index in [0.29, 0.717) is 23.1 Å². The second kappa shape index (κ2) is 5.68. The largest absolute Gasteiger partial charge is 0.417 e. The van der Waals surface area contributed by atoms with Crippen LogP contribution in [0, 0.1) is 5.82 Å². The number of aromatic nitrogens is 1. The predicted octanol–water partition coefficient (Wildman–Crippen LogP) is 5.31. The summed E-state index contributed by atoms with van der Waals surface area (Å²) >= 11 is 3.27. The average molecular weight is 378 g/mol. The molecule has 0 radical (unpaired) electrons. The fourth-order valence-corrected chi connectivity index (χ4v) is 2.92. The molecule has 0 saturated heterocycles. The Hall–Kier alpha value is -1.37. The van der Waals surface area contributed by atoms with Crippen molar-refractivity contribution in [3.63, 3.8) is 0 Å². The summed E-state index contributed by atoms with van der Waals surface area (Å²) in [5.74, 6) is -0.163. The molecule has 1 fully saturated rings. The quantitative estimate of drug-likeness (QED) is 0.532. The van der Waals surface area contributed by atoms with Gasteiger partial charge in [-0.2, -0.15) is 13.2 Å². The summed E-state index contributed by atoms with van der Waals surface area (Å²) in [5.41, 5.74) is -1.03. The lowest BCUT2D eigenvalue weighted by Crippen LogP contribution is -2.09. The number of hydrogen-bond acceptors (Lipinski definition) is 2. The lowest BCUT2D eigenvalue weighted by Gasteiger charge is -2.12. The first-order valence-electron chi connectivity index (χ1n) is 6.84. The molecule has 0 atom stereocenters. The molecule has 3 rings (SSSR count). The van der Waals surface area contributed by atoms with Crippen LogP contribution >= 0.6 is 15.9 Å². The third-order valence-electron chi connectivity index (χ3n) is 3.67. The standard InChI is InChI=1S/C15H12BrF4NO/c16-7-6-9-13(21-22-14(9)8-4-5-8)12-10(15(18,19)20)2-1-3-11(12)17/h1-3,8H,4-7H2. The highest BCUT2D eigenvalue weighted by atomic mass is 79.9. The number of nitrogens with zero attached hydrogens (tertiary/aromatic N) is 1. The van der Waals surface area contributed by atoms with Gasteiger partial charge in [0.25, 0.3) is 0 Å². The summed E-state index contributed by atoms with van der Waals surface area (Å²) in [6, 6.07) is 2.92. The molecule has 1 aliphatic carbocycles. The van der Waals surface area contributed by atoms with E-state index in [1.165, 1.54) is 0 Å². The van der Waals surface area contributed by atoms with Gasteiger partial charge in [-0.15, -0.1) is 0 Å². The molecule has 7 heteroatoms. The molecule has 0 unspecified atom stereocenters. The molecular formula is C15H12BrF4NO. The second-order valence-corrected chi connectivity index (χ2v) is 6.04. The normalized spacial score (nSPS) is 15.3. The molecule has 0 spiro atoms. The molecule has 118 valence electrons. The van der Waals surface area contributed by atoms with Crippen molar-refractivity contribution in [3.8, 4) is 11.3 Å². The van der Waals surface area contributed by atoms with Crippen LogP contribution in [0.1, 0.15) is 35.6 Å². The van der Waals surface area contributed by atoms with Crippen LogP contribution in [0.25, 0.3) is 11.3 Å². The summed E-state index contributed by atoms with van der Waals surface area (Å²) in [5, 5.41) is 4.30. The molecule has 2 aromatic rings. The lowest BCUT2D eigenvalue weighted by atomic mass is 9.97. The van der Waals surface area contributed by atoms with Crippen molar-refractivity contribution in [3.05, 3.63) is 40.9 Å². The summed E-state index contributed by atoms with van der Waals surface area (Å²) in [7, 11) is 0. The van der Waals surface area contributed by atoms with E-state index >= 15 is 0 Å². The van der Waals surface area contributed by atoms with E-state index in [1.54, 1.807) is 0 Å². The van der Waals surface area contributed by atoms with Crippen molar-refractivity contribution in [2.45, 2.75) is 31.4 Å². The van der Waals surface area contributed by atoms with E-state index < -0.39 is 23.1 Å². The predicted molar refractivity (Wildman–Crippen MR) is 76.4 cm³/mol. The first-order valence-corrected chi connectivity index (χ1v) is 7.96. The Balaban J connectivity index is 2.19. The van der Waals surface area contributed by atoms with Crippen molar-refractivity contribution in [1.82, 2.24) is 5.16 Å². The molecule has 0 aliphatic heterocycles. The van der Waals surface area contributed by atoms with Gasteiger partial charge in [0.05, 0.1) is 11.1 Å². The van der Waals surface area contributed by atoms with Gasteiger partial charge in [-0.1, -0.05) is 27.2 Å². The monoisotopic (exact) mass is 377 g/mol. The van der Waals surface area contributed by atoms with Crippen molar-refractivity contribution in [2.75, 3.05) is 5.33 Å². The highest BCUT2D eigenvalue weighted by Crippen LogP contribution is 2.46. The summed E-state index contributed by atoms with van der Waals surface area (Å²) in [6.07, 6.45) is -2.36. The molecule has 2 nitrogen and oxygen atoms in total. The molecule has 1 aromatic carbocycles. The zero-order chi connectivity index (χ0) is 15.9. The number of halogens is 5. The van der Waals surface area contributed by atoms with Gasteiger partial charge >= 0.3 is 6.18 Å². The summed E-state index contributed by atoms with van der Waals surface area (Å²) in [6.45, 7) is 0. The van der Waals surface area contributed by atoms with Gasteiger partial charge in [-0.05, 0) is 31.4 Å². The fraction of sp³-hybridized carbons (Fsp3) is 0.400. The van der Waals surface area contributed by atoms with Gasteiger partial charge in [-0.25, -0.2) is 4.39 Å². The Morgan fingerprint density at radius 3 is 2.59 bits per heavy atom. The van der Waals surface area contributed by atoms with E-state index in [1.807, 2.05) is 0 Å². The van der Waals surface area contributed by atoms with Crippen LogP contribution in [-0.4, -0.2) is 10.5 Å². The molecule has 1 heterocycles. The molecule has 1 saturated carbocycles. The van der Waals surface area contributed by atoms with E-state index in [2.05, 4.69) is 21.1 Å². The Bertz CT molecular complexity index is 691. The number of rotatable bonds is 4. The van der Waals surface area contributed by atoms with Gasteiger partial charge in [-0.3, -0.25) is 0 Å². The number of benzene rings is 1. The molecule has 0 bridgehead atoms. The van der Waals surface area contributed by atoms with E-state index in [-0.39, 0.29) is 11.6 Å². The van der Waals surface area contributed by atoms with E-state index in [0.717, 1.165) is 31.0 Å². The zero-order valence-electron chi connectivity index (χ0n) is 11.4. The SMILES string of the molecule is Fc1cccc(C(F)(F)F)c1-c1noc(C2CC2)c1CCBr. The molecule has 1 aliphatic rings. The van der Waals surface area contributed by atoms with Crippen LogP contribution in [0.5, 0.6) is 0 Å². The van der Waals surface area contributed by atoms with Gasteiger partial charge in [0.2, 0.25) is 0 Å². The molecule has 1 aromatic heterocycles. The number of alkyl halides is 4. The summed E-state index contributed by atoms with van der Waals surface area (Å²) < 4.78 is 58.9. The second-order valence-electron chi connectivity index (χ2n) is 5.25. The third-order valence-corrected chi connectivity index (χ3v) is 4.06. The minimum atomic E-state index is -4.65. The van der Waals surface area contributed by atoms with Crippen molar-refractivity contribution in [2.24, 2.45) is 0 Å². The van der Waals surface area contributed by atoms with E-state index in [9.17, 15) is 17.6 Å². The maximum atomic E-state index is 14.1. The van der Waals surface area contributed by atoms with Gasteiger partial charge in [0.1, 0.15) is 17.3 Å². The van der Waals surface area contributed by atoms with Crippen LogP contribution < -0.4 is 0 Å². The van der Waals surface area contributed by atoms with Crippen LogP contribution in [0.15, 0.2) is 22.7 Å². The van der Waals surface area contributed by atoms with Crippen LogP contribution in [0.4, 0.5) is 17.6 Å². The Morgan fingerprint density at radius 1 is 1.27 bits per heavy atom. The van der Waals surface area contributed by atoms with Crippen molar-refractivity contribution < 1.29 is 22.1 Å². The molecule has 22 heavy (non-hydrogen) atoms. The Labute approximate surface area is 132 Å². The summed E-state index contributed by atoms with van der Waals surface area (Å²) in [4.78, 5) is 0. The van der Waals surface area contributed by atoms with Gasteiger partial charge < -0.3 is 4.52 Å². The zero-order valence-corrected chi connectivity index (χ0v) is 13.0. The van der Waals surface area contributed by atoms with E-state index in [4.69, 9.17) is 4.52 Å². The topological polar surface area (TPSA) is 26.0 Å². The van der Waals surface area contributed by atoms with Gasteiger partial charge in [0.15, 0.2) is 0 Å². The fourth-order valence-electron chi connectivity index (χ4n) is 2.52. The highest BCUT2D eigenvalue weighted by molar-refractivity contribution is 9.09. The molecule has 0 N–H and O–H groups in total. The van der Waals surface area contributed by atoms with Crippen LogP contribution in [-0.2, 0) is 12.6 Å². The average Bonchev–Trinajstić information content (AvgIpc) is 3.20. The maximum absolute atomic E-state index is 14.1. The minimum absolute atomic E-state index is 0.0354. The van der Waals surface area contributed by atoms with Crippen LogP contribution in [0.2, 0.25) is 0 Å². The Morgan fingerprint density at radius 2 is 2.00 bits per heavy atom. The highest BCUT2D eigenvalue weighted by Gasteiger charge is 2.38. The van der Waals surface area contributed by atoms with Crippen molar-refractivity contribution >= 4 is 15.9 Å². The van der Waals surface area contributed by atoms with Crippen LogP contribution in [0.3, 0.4) is 0 Å². The maximum Gasteiger partial charge on any atom is 0.417 e. The smallest absolute Gasteiger partial charge is 0.360 e. The van der Waals surface area contributed by atoms with Crippen molar-refractivity contribution in [1.29, 1.82) is 0 Å². The first kappa shape index (κ1) is 15.5. The first-order chi connectivity index (χ1) is 10.4.